The van der Waals surface area contributed by atoms with E-state index in [1.54, 1.807) is 55.6 Å². The highest BCUT2D eigenvalue weighted by Crippen LogP contribution is 2.23. The number of anilines is 1. The predicted molar refractivity (Wildman–Crippen MR) is 118 cm³/mol. The van der Waals surface area contributed by atoms with Gasteiger partial charge in [0.1, 0.15) is 11.5 Å². The van der Waals surface area contributed by atoms with Crippen LogP contribution in [0.4, 0.5) is 5.69 Å². The molecule has 31 heavy (non-hydrogen) atoms. The number of methoxy groups -OCH3 is 1. The molecule has 3 rings (SSSR count). The summed E-state index contributed by atoms with van der Waals surface area (Å²) < 4.78 is 16.1. The quantitative estimate of drug-likeness (QED) is 0.540. The number of amides is 1. The van der Waals surface area contributed by atoms with Crippen LogP contribution in [0.25, 0.3) is 0 Å². The van der Waals surface area contributed by atoms with Gasteiger partial charge in [0.15, 0.2) is 6.61 Å². The fourth-order valence-electron chi connectivity index (χ4n) is 2.95. The molecule has 6 nitrogen and oxygen atoms in total. The van der Waals surface area contributed by atoms with E-state index in [-0.39, 0.29) is 6.61 Å². The third-order valence-corrected chi connectivity index (χ3v) is 4.66. The molecule has 3 aromatic carbocycles. The van der Waals surface area contributed by atoms with Crippen molar-refractivity contribution in [2.45, 2.75) is 20.0 Å². The number of rotatable bonds is 8. The fourth-order valence-corrected chi connectivity index (χ4v) is 2.95. The highest BCUT2D eigenvalue weighted by Gasteiger charge is 2.25. The fraction of sp³-hybridized carbons (Fsp3) is 0.200. The smallest absolute Gasteiger partial charge is 0.345 e. The molecule has 0 aliphatic carbocycles. The Bertz CT molecular complexity index is 1030. The summed E-state index contributed by atoms with van der Waals surface area (Å²) in [4.78, 5) is 25.5. The van der Waals surface area contributed by atoms with Crippen LogP contribution >= 0.6 is 0 Å². The molecule has 1 atom stereocenters. The van der Waals surface area contributed by atoms with Crippen LogP contribution in [0.15, 0.2) is 72.8 Å². The number of carbonyl (C=O) groups excluding carboxylic acids is 2. The summed E-state index contributed by atoms with van der Waals surface area (Å²) in [6.45, 7) is 3.52. The maximum absolute atomic E-state index is 13.0. The van der Waals surface area contributed by atoms with Crippen LogP contribution in [0.2, 0.25) is 0 Å². The lowest BCUT2D eigenvalue weighted by Crippen LogP contribution is -2.28. The second-order valence-corrected chi connectivity index (χ2v) is 7.05. The number of carbonyl (C=O) groups is 2. The zero-order valence-electron chi connectivity index (χ0n) is 17.8. The molecule has 160 valence electrons. The molecule has 0 unspecified atom stereocenters. The van der Waals surface area contributed by atoms with Gasteiger partial charge in [0.05, 0.1) is 7.11 Å². The maximum Gasteiger partial charge on any atom is 0.345 e. The van der Waals surface area contributed by atoms with Gasteiger partial charge in [-0.15, -0.1) is 0 Å². The van der Waals surface area contributed by atoms with E-state index in [1.165, 1.54) is 0 Å². The first-order valence-electron chi connectivity index (χ1n) is 9.85. The Balaban J connectivity index is 1.70. The highest BCUT2D eigenvalue weighted by molar-refractivity contribution is 5.96. The van der Waals surface area contributed by atoms with Gasteiger partial charge in [0, 0.05) is 11.3 Å². The van der Waals surface area contributed by atoms with Crippen molar-refractivity contribution >= 4 is 17.6 Å². The van der Waals surface area contributed by atoms with Gasteiger partial charge in [0.2, 0.25) is 6.10 Å². The van der Waals surface area contributed by atoms with Gasteiger partial charge in [-0.3, -0.25) is 4.79 Å². The van der Waals surface area contributed by atoms with Crippen LogP contribution in [0.1, 0.15) is 22.8 Å². The molecule has 0 fully saturated rings. The van der Waals surface area contributed by atoms with Crippen LogP contribution < -0.4 is 14.8 Å². The number of ether oxygens (including phenoxy) is 3. The minimum absolute atomic E-state index is 0.327. The Morgan fingerprint density at radius 2 is 1.58 bits per heavy atom. The Hall–Kier alpha value is -3.80. The van der Waals surface area contributed by atoms with Crippen molar-refractivity contribution in [1.82, 2.24) is 0 Å². The summed E-state index contributed by atoms with van der Waals surface area (Å²) in [5.74, 6) is 0.0921. The molecule has 1 N–H and O–H groups in total. The summed E-state index contributed by atoms with van der Waals surface area (Å²) in [6, 6.07) is 21.5. The number of hydrogen-bond donors (Lipinski definition) is 1. The Labute approximate surface area is 181 Å². The summed E-state index contributed by atoms with van der Waals surface area (Å²) >= 11 is 0. The molecule has 0 saturated heterocycles. The first kappa shape index (κ1) is 21.9. The minimum atomic E-state index is -1.10. The van der Waals surface area contributed by atoms with Crippen LogP contribution in [0.5, 0.6) is 11.5 Å². The van der Waals surface area contributed by atoms with E-state index in [2.05, 4.69) is 5.32 Å². The first-order chi connectivity index (χ1) is 15.0. The zero-order chi connectivity index (χ0) is 22.2. The molecule has 0 aliphatic rings. The molecule has 0 saturated carbocycles. The molecule has 0 radical (unpaired) electrons. The van der Waals surface area contributed by atoms with Crippen molar-refractivity contribution in [1.29, 1.82) is 0 Å². The molecule has 6 heteroatoms. The van der Waals surface area contributed by atoms with E-state index in [0.29, 0.717) is 22.7 Å². The van der Waals surface area contributed by atoms with E-state index in [4.69, 9.17) is 14.2 Å². The molecular formula is C25H25NO5. The minimum Gasteiger partial charge on any atom is -0.497 e. The van der Waals surface area contributed by atoms with Crippen LogP contribution in [-0.2, 0) is 14.3 Å². The number of nitrogens with one attached hydrogen (secondary N) is 1. The number of esters is 1. The second kappa shape index (κ2) is 10.3. The summed E-state index contributed by atoms with van der Waals surface area (Å²) in [5, 5.41) is 2.87. The second-order valence-electron chi connectivity index (χ2n) is 7.05. The van der Waals surface area contributed by atoms with Gasteiger partial charge in [-0.25, -0.2) is 4.79 Å². The SMILES string of the molecule is COc1ccc(OCC(=O)O[C@H](C(=O)Nc2cc(C)ccc2C)c2ccccc2)cc1. The van der Waals surface area contributed by atoms with E-state index < -0.39 is 18.0 Å². The van der Waals surface area contributed by atoms with Crippen molar-refractivity contribution in [2.24, 2.45) is 0 Å². The lowest BCUT2D eigenvalue weighted by molar-refractivity contribution is -0.156. The van der Waals surface area contributed by atoms with Crippen molar-refractivity contribution < 1.29 is 23.8 Å². The van der Waals surface area contributed by atoms with Gasteiger partial charge in [-0.1, -0.05) is 42.5 Å². The molecular weight excluding hydrogens is 394 g/mol. The largest absolute Gasteiger partial charge is 0.497 e. The summed E-state index contributed by atoms with van der Waals surface area (Å²) in [6.07, 6.45) is -1.10. The lowest BCUT2D eigenvalue weighted by Gasteiger charge is -2.19. The van der Waals surface area contributed by atoms with E-state index in [0.717, 1.165) is 11.1 Å². The van der Waals surface area contributed by atoms with Gasteiger partial charge >= 0.3 is 5.97 Å². The molecule has 0 spiro atoms. The van der Waals surface area contributed by atoms with Gasteiger partial charge in [0.25, 0.3) is 5.91 Å². The number of aryl methyl sites for hydroxylation is 2. The van der Waals surface area contributed by atoms with Crippen LogP contribution in [-0.4, -0.2) is 25.6 Å². The average Bonchev–Trinajstić information content (AvgIpc) is 2.79. The molecule has 0 aliphatic heterocycles. The Morgan fingerprint density at radius 1 is 0.903 bits per heavy atom. The average molecular weight is 419 g/mol. The standard InChI is InChI=1S/C25H25NO5/c1-17-9-10-18(2)22(15-17)26-25(28)24(19-7-5-4-6-8-19)31-23(27)16-30-21-13-11-20(29-3)12-14-21/h4-15,24H,16H2,1-3H3,(H,26,28)/t24-/m0/s1. The molecule has 0 bridgehead atoms. The monoisotopic (exact) mass is 419 g/mol. The molecule has 0 heterocycles. The molecule has 1 amide bonds. The zero-order valence-corrected chi connectivity index (χ0v) is 17.8. The topological polar surface area (TPSA) is 73.9 Å². The van der Waals surface area contributed by atoms with Gasteiger partial charge in [-0.2, -0.15) is 0 Å². The third kappa shape index (κ3) is 6.09. The normalized spacial score (nSPS) is 11.3. The van der Waals surface area contributed by atoms with Crippen molar-refractivity contribution in [3.8, 4) is 11.5 Å². The molecule has 0 aromatic heterocycles. The molecule has 3 aromatic rings. The summed E-state index contributed by atoms with van der Waals surface area (Å²) in [7, 11) is 1.57. The van der Waals surface area contributed by atoms with Crippen molar-refractivity contribution in [2.75, 3.05) is 19.0 Å². The van der Waals surface area contributed by atoms with Crippen LogP contribution in [0.3, 0.4) is 0 Å². The van der Waals surface area contributed by atoms with E-state index in [9.17, 15) is 9.59 Å². The lowest BCUT2D eigenvalue weighted by atomic mass is 10.1. The maximum atomic E-state index is 13.0. The summed E-state index contributed by atoms with van der Waals surface area (Å²) in [5.41, 5.74) is 3.18. The highest BCUT2D eigenvalue weighted by atomic mass is 16.6. The van der Waals surface area contributed by atoms with E-state index >= 15 is 0 Å². The number of hydrogen-bond acceptors (Lipinski definition) is 5. The third-order valence-electron chi connectivity index (χ3n) is 4.66. The Morgan fingerprint density at radius 3 is 2.26 bits per heavy atom. The van der Waals surface area contributed by atoms with Gasteiger partial charge in [-0.05, 0) is 55.3 Å². The number of benzene rings is 3. The predicted octanol–water partition coefficient (Wildman–Crippen LogP) is 4.61. The van der Waals surface area contributed by atoms with Crippen molar-refractivity contribution in [3.63, 3.8) is 0 Å². The van der Waals surface area contributed by atoms with Gasteiger partial charge < -0.3 is 19.5 Å². The van der Waals surface area contributed by atoms with Crippen LogP contribution in [0, 0.1) is 13.8 Å². The Kier molecular flexibility index (Phi) is 7.27. The first-order valence-corrected chi connectivity index (χ1v) is 9.85. The van der Waals surface area contributed by atoms with Crippen molar-refractivity contribution in [3.05, 3.63) is 89.5 Å². The van der Waals surface area contributed by atoms with E-state index in [1.807, 2.05) is 38.1 Å².